The molecule has 0 atom stereocenters. The van der Waals surface area contributed by atoms with Gasteiger partial charge in [-0.3, -0.25) is 0 Å². The van der Waals surface area contributed by atoms with Crippen LogP contribution in [0.15, 0.2) is 46.6 Å². The minimum absolute atomic E-state index is 0.312. The van der Waals surface area contributed by atoms with Crippen molar-refractivity contribution in [2.45, 2.75) is 0 Å². The third-order valence-electron chi connectivity index (χ3n) is 1.78. The van der Waals surface area contributed by atoms with E-state index in [1.165, 1.54) is 6.08 Å². The van der Waals surface area contributed by atoms with Crippen LogP contribution in [0.4, 0.5) is 0 Å². The van der Waals surface area contributed by atoms with Gasteiger partial charge in [-0.15, -0.1) is 0 Å². The van der Waals surface area contributed by atoms with Crippen molar-refractivity contribution >= 4 is 28.0 Å². The fraction of sp³-hybridized carbons (Fsp3) is 0. The molecule has 1 aromatic rings. The molecule has 2 nitrogen and oxygen atoms in total. The van der Waals surface area contributed by atoms with E-state index in [4.69, 9.17) is 4.74 Å². The first-order valence-electron chi connectivity index (χ1n) is 4.11. The predicted octanol–water partition coefficient (Wildman–Crippen LogP) is 2.90. The lowest BCUT2D eigenvalue weighted by Gasteiger charge is -1.96. The van der Waals surface area contributed by atoms with Gasteiger partial charge in [0.25, 0.3) is 0 Å². The van der Waals surface area contributed by atoms with Crippen molar-refractivity contribution in [3.05, 3.63) is 52.2 Å². The highest BCUT2D eigenvalue weighted by Gasteiger charge is 2.08. The first kappa shape index (κ1) is 9.21. The molecular weight excluding hydrogens is 244 g/mol. The number of carbonyl (C=O) groups is 1. The third-order valence-corrected chi connectivity index (χ3v) is 2.31. The lowest BCUT2D eigenvalue weighted by Crippen LogP contribution is -1.89. The number of halogens is 1. The monoisotopic (exact) mass is 250 g/mol. The molecule has 2 rings (SSSR count). The first-order valence-corrected chi connectivity index (χ1v) is 4.90. The Morgan fingerprint density at radius 3 is 2.43 bits per heavy atom. The highest BCUT2D eigenvalue weighted by atomic mass is 79.9. The van der Waals surface area contributed by atoms with Crippen molar-refractivity contribution in [2.75, 3.05) is 0 Å². The highest BCUT2D eigenvalue weighted by molar-refractivity contribution is 9.10. The second-order valence-corrected chi connectivity index (χ2v) is 3.77. The Balaban J connectivity index is 2.22. The van der Waals surface area contributed by atoms with E-state index in [-0.39, 0.29) is 5.97 Å². The molecule has 1 aliphatic rings. The molecule has 0 aromatic heterocycles. The number of rotatable bonds is 1. The number of benzene rings is 1. The summed E-state index contributed by atoms with van der Waals surface area (Å²) in [5.41, 5.74) is 1.00. The maximum atomic E-state index is 10.7. The zero-order valence-corrected chi connectivity index (χ0v) is 8.82. The number of ether oxygens (including phenoxy) is 1. The van der Waals surface area contributed by atoms with E-state index in [2.05, 4.69) is 15.9 Å². The summed E-state index contributed by atoms with van der Waals surface area (Å²) in [6, 6.07) is 7.76. The average molecular weight is 251 g/mol. The first-order chi connectivity index (χ1) is 6.74. The second-order valence-electron chi connectivity index (χ2n) is 2.85. The summed E-state index contributed by atoms with van der Waals surface area (Å²) in [5, 5.41) is 0. The van der Waals surface area contributed by atoms with Crippen LogP contribution in [-0.2, 0) is 9.53 Å². The van der Waals surface area contributed by atoms with Gasteiger partial charge in [0.1, 0.15) is 5.76 Å². The van der Waals surface area contributed by atoms with Crippen molar-refractivity contribution in [1.29, 1.82) is 0 Å². The Hall–Kier alpha value is -1.35. The Kier molecular flexibility index (Phi) is 2.50. The topological polar surface area (TPSA) is 26.3 Å². The van der Waals surface area contributed by atoms with Crippen LogP contribution in [0.25, 0.3) is 6.08 Å². The fourth-order valence-electron chi connectivity index (χ4n) is 1.14. The Bertz CT molecular complexity index is 415. The van der Waals surface area contributed by atoms with Crippen molar-refractivity contribution in [1.82, 2.24) is 0 Å². The van der Waals surface area contributed by atoms with E-state index < -0.39 is 0 Å². The van der Waals surface area contributed by atoms with Crippen LogP contribution in [0, 0.1) is 0 Å². The average Bonchev–Trinajstić information content (AvgIpc) is 2.56. The minimum atomic E-state index is -0.312. The number of hydrogen-bond donors (Lipinski definition) is 0. The van der Waals surface area contributed by atoms with Gasteiger partial charge in [0.15, 0.2) is 0 Å². The Morgan fingerprint density at radius 2 is 1.86 bits per heavy atom. The van der Waals surface area contributed by atoms with Gasteiger partial charge in [0.05, 0.1) is 0 Å². The quantitative estimate of drug-likeness (QED) is 0.717. The SMILES string of the molecule is O=C1C=C/C(=C\c2ccc(Br)cc2)O1. The van der Waals surface area contributed by atoms with Crippen LogP contribution >= 0.6 is 15.9 Å². The molecular formula is C11H7BrO2. The molecule has 0 amide bonds. The summed E-state index contributed by atoms with van der Waals surface area (Å²) in [5.74, 6) is 0.269. The van der Waals surface area contributed by atoms with Gasteiger partial charge in [0.2, 0.25) is 0 Å². The number of esters is 1. The lowest BCUT2D eigenvalue weighted by atomic mass is 10.2. The molecule has 0 bridgehead atoms. The third kappa shape index (κ3) is 2.12. The predicted molar refractivity (Wildman–Crippen MR) is 57.4 cm³/mol. The van der Waals surface area contributed by atoms with Crippen LogP contribution in [0.2, 0.25) is 0 Å². The molecule has 0 N–H and O–H groups in total. The molecule has 0 saturated heterocycles. The Morgan fingerprint density at radius 1 is 1.14 bits per heavy atom. The molecule has 1 heterocycles. The van der Waals surface area contributed by atoms with E-state index in [0.717, 1.165) is 10.0 Å². The fourth-order valence-corrected chi connectivity index (χ4v) is 1.40. The maximum absolute atomic E-state index is 10.7. The molecule has 14 heavy (non-hydrogen) atoms. The highest BCUT2D eigenvalue weighted by Crippen LogP contribution is 2.16. The normalized spacial score (nSPS) is 17.5. The molecule has 70 valence electrons. The van der Waals surface area contributed by atoms with Gasteiger partial charge >= 0.3 is 5.97 Å². The van der Waals surface area contributed by atoms with Crippen LogP contribution in [0.3, 0.4) is 0 Å². The summed E-state index contributed by atoms with van der Waals surface area (Å²) < 4.78 is 5.92. The molecule has 0 aliphatic carbocycles. The zero-order chi connectivity index (χ0) is 9.97. The summed E-state index contributed by atoms with van der Waals surface area (Å²) in [6.07, 6.45) is 4.88. The van der Waals surface area contributed by atoms with Crippen LogP contribution in [0.5, 0.6) is 0 Å². The minimum Gasteiger partial charge on any atom is -0.423 e. The van der Waals surface area contributed by atoms with Gasteiger partial charge < -0.3 is 4.74 Å². The standard InChI is InChI=1S/C11H7BrO2/c12-9-3-1-8(2-4-9)7-10-5-6-11(13)14-10/h1-7H/b10-7+. The van der Waals surface area contributed by atoms with E-state index in [1.54, 1.807) is 6.08 Å². The van der Waals surface area contributed by atoms with E-state index >= 15 is 0 Å². The molecule has 1 aromatic carbocycles. The van der Waals surface area contributed by atoms with Gasteiger partial charge in [-0.1, -0.05) is 28.1 Å². The van der Waals surface area contributed by atoms with E-state index in [1.807, 2.05) is 30.3 Å². The van der Waals surface area contributed by atoms with E-state index in [0.29, 0.717) is 5.76 Å². The molecule has 1 aliphatic heterocycles. The molecule has 0 radical (unpaired) electrons. The smallest absolute Gasteiger partial charge is 0.336 e. The van der Waals surface area contributed by atoms with Crippen molar-refractivity contribution < 1.29 is 9.53 Å². The molecule has 0 unspecified atom stereocenters. The van der Waals surface area contributed by atoms with Gasteiger partial charge in [-0.05, 0) is 29.8 Å². The molecule has 3 heteroatoms. The number of hydrogen-bond acceptors (Lipinski definition) is 2. The number of carbonyl (C=O) groups excluding carboxylic acids is 1. The lowest BCUT2D eigenvalue weighted by molar-refractivity contribution is -0.132. The van der Waals surface area contributed by atoms with Crippen molar-refractivity contribution in [3.63, 3.8) is 0 Å². The van der Waals surface area contributed by atoms with E-state index in [9.17, 15) is 4.79 Å². The molecule has 0 fully saturated rings. The van der Waals surface area contributed by atoms with Crippen LogP contribution in [0.1, 0.15) is 5.56 Å². The van der Waals surface area contributed by atoms with Crippen LogP contribution < -0.4 is 0 Å². The van der Waals surface area contributed by atoms with Crippen molar-refractivity contribution in [2.24, 2.45) is 0 Å². The van der Waals surface area contributed by atoms with Gasteiger partial charge in [-0.25, -0.2) is 4.79 Å². The number of allylic oxidation sites excluding steroid dienone is 1. The summed E-state index contributed by atoms with van der Waals surface area (Å²) >= 11 is 3.35. The van der Waals surface area contributed by atoms with Crippen molar-refractivity contribution in [3.8, 4) is 0 Å². The molecule has 0 spiro atoms. The largest absolute Gasteiger partial charge is 0.423 e. The zero-order valence-electron chi connectivity index (χ0n) is 7.24. The summed E-state index contributed by atoms with van der Waals surface area (Å²) in [7, 11) is 0. The van der Waals surface area contributed by atoms with Gasteiger partial charge in [0, 0.05) is 10.5 Å². The summed E-state index contributed by atoms with van der Waals surface area (Å²) in [6.45, 7) is 0. The second kappa shape index (κ2) is 3.80. The Labute approximate surface area is 90.0 Å². The van der Waals surface area contributed by atoms with Crippen LogP contribution in [-0.4, -0.2) is 5.97 Å². The maximum Gasteiger partial charge on any atom is 0.336 e. The molecule has 0 saturated carbocycles. The summed E-state index contributed by atoms with van der Waals surface area (Å²) in [4.78, 5) is 10.7. The van der Waals surface area contributed by atoms with Gasteiger partial charge in [-0.2, -0.15) is 0 Å². The number of cyclic esters (lactones) is 1.